The van der Waals surface area contributed by atoms with Gasteiger partial charge in [-0.3, -0.25) is 4.79 Å². The molecular formula is C15H18N2O5S. The topological polar surface area (TPSA) is 112 Å². The van der Waals surface area contributed by atoms with E-state index in [0.29, 0.717) is 0 Å². The highest BCUT2D eigenvalue weighted by Crippen LogP contribution is 2.20. The molecule has 1 aromatic carbocycles. The quantitative estimate of drug-likeness (QED) is 0.748. The van der Waals surface area contributed by atoms with Gasteiger partial charge in [-0.2, -0.15) is 0 Å². The Balaban J connectivity index is 2.25. The number of esters is 1. The number of hydrogen-bond acceptors (Lipinski definition) is 6. The van der Waals surface area contributed by atoms with E-state index in [1.807, 2.05) is 0 Å². The first-order valence-corrected chi connectivity index (χ1v) is 8.40. The maximum absolute atomic E-state index is 12.4. The van der Waals surface area contributed by atoms with Gasteiger partial charge in [-0.05, 0) is 25.1 Å². The summed E-state index contributed by atoms with van der Waals surface area (Å²) in [6.45, 7) is 1.77. The largest absolute Gasteiger partial charge is 0.465 e. The van der Waals surface area contributed by atoms with Gasteiger partial charge in [0.1, 0.15) is 12.1 Å². The maximum atomic E-state index is 12.4. The summed E-state index contributed by atoms with van der Waals surface area (Å²) in [6.07, 6.45) is 1.16. The third-order valence-corrected chi connectivity index (χ3v) is 4.90. The van der Waals surface area contributed by atoms with Gasteiger partial charge in [0.25, 0.3) is 10.0 Å². The van der Waals surface area contributed by atoms with Crippen molar-refractivity contribution in [1.82, 2.24) is 3.97 Å². The zero-order valence-electron chi connectivity index (χ0n) is 12.5. The molecule has 2 aromatic rings. The number of carbonyl (C=O) groups is 1. The average Bonchev–Trinajstić information content (AvgIpc) is 3.05. The predicted molar refractivity (Wildman–Crippen MR) is 83.0 cm³/mol. The van der Waals surface area contributed by atoms with E-state index >= 15 is 0 Å². The van der Waals surface area contributed by atoms with Gasteiger partial charge >= 0.3 is 5.97 Å². The van der Waals surface area contributed by atoms with Crippen LogP contribution in [0, 0.1) is 0 Å². The van der Waals surface area contributed by atoms with E-state index < -0.39 is 28.1 Å². The number of aliphatic hydroxyl groups is 1. The van der Waals surface area contributed by atoms with Crippen molar-refractivity contribution in [2.75, 3.05) is 6.61 Å². The summed E-state index contributed by atoms with van der Waals surface area (Å²) in [7, 11) is -3.76. The van der Waals surface area contributed by atoms with Crippen LogP contribution < -0.4 is 5.73 Å². The summed E-state index contributed by atoms with van der Waals surface area (Å²) < 4.78 is 30.6. The highest BCUT2D eigenvalue weighted by molar-refractivity contribution is 7.90. The van der Waals surface area contributed by atoms with Crippen LogP contribution in [0.2, 0.25) is 0 Å². The molecule has 0 amide bonds. The lowest BCUT2D eigenvalue weighted by Crippen LogP contribution is -2.38. The molecule has 1 heterocycles. The summed E-state index contributed by atoms with van der Waals surface area (Å²) in [5.41, 5.74) is 5.84. The van der Waals surface area contributed by atoms with Crippen molar-refractivity contribution in [2.45, 2.75) is 24.0 Å². The number of hydrogen-bond donors (Lipinski definition) is 2. The molecule has 7 nitrogen and oxygen atoms in total. The molecule has 23 heavy (non-hydrogen) atoms. The fraction of sp³-hybridized carbons (Fsp3) is 0.267. The van der Waals surface area contributed by atoms with E-state index in [1.165, 1.54) is 30.6 Å². The summed E-state index contributed by atoms with van der Waals surface area (Å²) in [4.78, 5) is 11.7. The normalized spacial score (nSPS) is 14.2. The molecule has 0 unspecified atom stereocenters. The molecule has 0 fully saturated rings. The highest BCUT2D eigenvalue weighted by atomic mass is 32.2. The molecule has 124 valence electrons. The Hall–Kier alpha value is -2.16. The van der Waals surface area contributed by atoms with Crippen LogP contribution in [0.15, 0.2) is 53.7 Å². The van der Waals surface area contributed by atoms with E-state index in [-0.39, 0.29) is 17.1 Å². The molecule has 0 saturated carbocycles. The molecule has 0 bridgehead atoms. The number of aromatic nitrogens is 1. The number of benzene rings is 1. The van der Waals surface area contributed by atoms with E-state index in [1.54, 1.807) is 25.1 Å². The van der Waals surface area contributed by atoms with Crippen LogP contribution in [0.3, 0.4) is 0 Å². The Kier molecular flexibility index (Phi) is 5.19. The molecule has 0 aliphatic carbocycles. The standard InChI is InChI=1S/C15H18N2O5S/c1-2-22-15(19)13(16)14(18)11-8-9-17(10-11)23(20,21)12-6-4-3-5-7-12/h3-10,13-14,18H,2,16H2,1H3/t13-,14+/m0/s1. The van der Waals surface area contributed by atoms with Gasteiger partial charge in [0, 0.05) is 18.0 Å². The number of rotatable bonds is 6. The molecule has 0 saturated heterocycles. The van der Waals surface area contributed by atoms with Crippen LogP contribution in [0.4, 0.5) is 0 Å². The molecule has 0 spiro atoms. The van der Waals surface area contributed by atoms with Crippen molar-refractivity contribution in [1.29, 1.82) is 0 Å². The molecule has 0 aliphatic heterocycles. The van der Waals surface area contributed by atoms with Crippen LogP contribution >= 0.6 is 0 Å². The van der Waals surface area contributed by atoms with Crippen molar-refractivity contribution in [3.63, 3.8) is 0 Å². The van der Waals surface area contributed by atoms with Crippen LogP contribution in [-0.2, 0) is 19.6 Å². The van der Waals surface area contributed by atoms with Gasteiger partial charge in [-0.25, -0.2) is 12.4 Å². The van der Waals surface area contributed by atoms with E-state index in [0.717, 1.165) is 3.97 Å². The van der Waals surface area contributed by atoms with Crippen LogP contribution in [0.1, 0.15) is 18.6 Å². The zero-order valence-corrected chi connectivity index (χ0v) is 13.3. The Morgan fingerprint density at radius 1 is 1.30 bits per heavy atom. The van der Waals surface area contributed by atoms with Gasteiger partial charge in [-0.15, -0.1) is 0 Å². The maximum Gasteiger partial charge on any atom is 0.325 e. The van der Waals surface area contributed by atoms with E-state index in [2.05, 4.69) is 0 Å². The van der Waals surface area contributed by atoms with Gasteiger partial charge in [0.05, 0.1) is 11.5 Å². The van der Waals surface area contributed by atoms with Crippen molar-refractivity contribution in [3.05, 3.63) is 54.4 Å². The lowest BCUT2D eigenvalue weighted by molar-refractivity contribution is -0.147. The minimum atomic E-state index is -3.76. The molecule has 2 atom stereocenters. The number of aliphatic hydroxyl groups excluding tert-OH is 1. The lowest BCUT2D eigenvalue weighted by Gasteiger charge is -2.16. The molecule has 0 radical (unpaired) electrons. The number of nitrogens with two attached hydrogens (primary N) is 1. The summed E-state index contributed by atoms with van der Waals surface area (Å²) >= 11 is 0. The molecule has 8 heteroatoms. The fourth-order valence-corrected chi connectivity index (χ4v) is 3.23. The summed E-state index contributed by atoms with van der Waals surface area (Å²) in [5.74, 6) is -0.751. The number of carbonyl (C=O) groups excluding carboxylic acids is 1. The Morgan fingerprint density at radius 2 is 1.96 bits per heavy atom. The van der Waals surface area contributed by atoms with Crippen molar-refractivity contribution < 1.29 is 23.1 Å². The van der Waals surface area contributed by atoms with E-state index in [4.69, 9.17) is 10.5 Å². The van der Waals surface area contributed by atoms with Crippen LogP contribution in [0.5, 0.6) is 0 Å². The predicted octanol–water partition coefficient (Wildman–Crippen LogP) is 0.649. The minimum absolute atomic E-state index is 0.117. The first-order chi connectivity index (χ1) is 10.9. The lowest BCUT2D eigenvalue weighted by atomic mass is 10.1. The smallest absolute Gasteiger partial charge is 0.325 e. The summed E-state index contributed by atoms with van der Waals surface area (Å²) in [6, 6.07) is 7.98. The fourth-order valence-electron chi connectivity index (χ4n) is 2.01. The van der Waals surface area contributed by atoms with Gasteiger partial charge in [0.2, 0.25) is 0 Å². The van der Waals surface area contributed by atoms with Gasteiger partial charge < -0.3 is 15.6 Å². The van der Waals surface area contributed by atoms with E-state index in [9.17, 15) is 18.3 Å². The van der Waals surface area contributed by atoms with Gasteiger partial charge in [-0.1, -0.05) is 18.2 Å². The molecular weight excluding hydrogens is 320 g/mol. The second-order valence-corrected chi connectivity index (χ2v) is 6.66. The number of ether oxygens (including phenoxy) is 1. The summed E-state index contributed by atoms with van der Waals surface area (Å²) in [5, 5.41) is 10.1. The molecule has 2 rings (SSSR count). The van der Waals surface area contributed by atoms with Crippen LogP contribution in [0.25, 0.3) is 0 Å². The molecule has 3 N–H and O–H groups in total. The molecule has 1 aromatic heterocycles. The third kappa shape index (κ3) is 3.61. The van der Waals surface area contributed by atoms with Crippen LogP contribution in [-0.4, -0.2) is 36.1 Å². The Morgan fingerprint density at radius 3 is 2.57 bits per heavy atom. The molecule has 0 aliphatic rings. The average molecular weight is 338 g/mol. The SMILES string of the molecule is CCOC(=O)[C@@H](N)[C@H](O)c1ccn(S(=O)(=O)c2ccccc2)c1. The Bertz CT molecular complexity index is 770. The monoisotopic (exact) mass is 338 g/mol. The Labute approximate surface area is 134 Å². The minimum Gasteiger partial charge on any atom is -0.465 e. The van der Waals surface area contributed by atoms with Gasteiger partial charge in [0.15, 0.2) is 0 Å². The first-order valence-electron chi connectivity index (χ1n) is 6.96. The van der Waals surface area contributed by atoms with Crippen molar-refractivity contribution in [2.24, 2.45) is 5.73 Å². The zero-order chi connectivity index (χ0) is 17.0. The second kappa shape index (κ2) is 6.95. The van der Waals surface area contributed by atoms with Crippen molar-refractivity contribution >= 4 is 16.0 Å². The second-order valence-electron chi connectivity index (χ2n) is 4.82. The van der Waals surface area contributed by atoms with Crippen molar-refractivity contribution in [3.8, 4) is 0 Å². The first kappa shape index (κ1) is 17.2. The number of nitrogens with zero attached hydrogens (tertiary/aromatic N) is 1. The third-order valence-electron chi connectivity index (χ3n) is 3.25. The highest BCUT2D eigenvalue weighted by Gasteiger charge is 2.27.